The maximum atomic E-state index is 11.7. The lowest BCUT2D eigenvalue weighted by Crippen LogP contribution is -2.18. The van der Waals surface area contributed by atoms with Gasteiger partial charge in [-0.05, 0) is 35.0 Å². The molecule has 14 heavy (non-hydrogen) atoms. The zero-order chi connectivity index (χ0) is 10.8. The number of halogens is 1. The third-order valence-corrected chi connectivity index (χ3v) is 4.53. The van der Waals surface area contributed by atoms with E-state index in [0.717, 1.165) is 0 Å². The van der Waals surface area contributed by atoms with E-state index in [4.69, 9.17) is 5.11 Å². The first-order valence-corrected chi connectivity index (χ1v) is 6.53. The molecule has 0 radical (unpaired) electrons. The van der Waals surface area contributed by atoms with Gasteiger partial charge < -0.3 is 5.11 Å². The van der Waals surface area contributed by atoms with Crippen LogP contribution in [0.15, 0.2) is 33.6 Å². The summed E-state index contributed by atoms with van der Waals surface area (Å²) in [6.07, 6.45) is -0.855. The molecule has 5 heteroatoms. The van der Waals surface area contributed by atoms with Crippen molar-refractivity contribution in [3.63, 3.8) is 0 Å². The van der Waals surface area contributed by atoms with Crippen molar-refractivity contribution in [2.24, 2.45) is 0 Å². The van der Waals surface area contributed by atoms with Crippen molar-refractivity contribution in [2.45, 2.75) is 17.9 Å². The number of sulfone groups is 1. The van der Waals surface area contributed by atoms with Crippen LogP contribution in [0.4, 0.5) is 0 Å². The maximum Gasteiger partial charge on any atom is 0.182 e. The maximum absolute atomic E-state index is 11.7. The van der Waals surface area contributed by atoms with Crippen LogP contribution in [0, 0.1) is 0 Å². The molecule has 0 fully saturated rings. The fourth-order valence-corrected chi connectivity index (χ4v) is 3.59. The minimum atomic E-state index is -3.39. The van der Waals surface area contributed by atoms with Crippen molar-refractivity contribution in [3.8, 4) is 0 Å². The van der Waals surface area contributed by atoms with Gasteiger partial charge in [0.2, 0.25) is 0 Å². The van der Waals surface area contributed by atoms with E-state index in [-0.39, 0.29) is 10.6 Å². The average Bonchev–Trinajstić information content (AvgIpc) is 2.02. The number of hydrogen-bond acceptors (Lipinski definition) is 3. The zero-order valence-electron chi connectivity index (χ0n) is 7.64. The van der Waals surface area contributed by atoms with Gasteiger partial charge in [-0.2, -0.15) is 0 Å². The summed E-state index contributed by atoms with van der Waals surface area (Å²) in [6.45, 7) is 1.45. The van der Waals surface area contributed by atoms with E-state index in [2.05, 4.69) is 15.9 Å². The summed E-state index contributed by atoms with van der Waals surface area (Å²) < 4.78 is 23.9. The van der Waals surface area contributed by atoms with Crippen molar-refractivity contribution < 1.29 is 13.5 Å². The van der Waals surface area contributed by atoms with E-state index >= 15 is 0 Å². The molecule has 1 atom stereocenters. The molecule has 1 rings (SSSR count). The first kappa shape index (κ1) is 11.7. The molecule has 0 aliphatic heterocycles. The Morgan fingerprint density at radius 1 is 1.43 bits per heavy atom. The van der Waals surface area contributed by atoms with Gasteiger partial charge in [0.1, 0.15) is 0 Å². The van der Waals surface area contributed by atoms with Gasteiger partial charge in [-0.25, -0.2) is 8.42 Å². The highest BCUT2D eigenvalue weighted by atomic mass is 79.9. The summed E-state index contributed by atoms with van der Waals surface area (Å²) in [4.78, 5) is 0.223. The summed E-state index contributed by atoms with van der Waals surface area (Å²) in [6, 6.07) is 6.57. The van der Waals surface area contributed by atoms with E-state index in [0.29, 0.717) is 4.47 Å². The van der Waals surface area contributed by atoms with Gasteiger partial charge in [0.05, 0.1) is 16.8 Å². The first-order chi connectivity index (χ1) is 6.43. The summed E-state index contributed by atoms with van der Waals surface area (Å²) in [5, 5.41) is 9.05. The van der Waals surface area contributed by atoms with Crippen molar-refractivity contribution in [2.75, 3.05) is 5.75 Å². The Morgan fingerprint density at radius 2 is 2.00 bits per heavy atom. The Labute approximate surface area is 91.8 Å². The van der Waals surface area contributed by atoms with Crippen LogP contribution in [-0.4, -0.2) is 25.4 Å². The number of aliphatic hydroxyl groups is 1. The molecule has 0 aliphatic rings. The monoisotopic (exact) mass is 278 g/mol. The molecule has 1 N–H and O–H groups in total. The molecule has 0 aliphatic carbocycles. The number of rotatable bonds is 3. The Hall–Kier alpha value is -0.390. The normalized spacial score (nSPS) is 13.9. The first-order valence-electron chi connectivity index (χ1n) is 4.09. The van der Waals surface area contributed by atoms with E-state index < -0.39 is 15.9 Å². The second-order valence-electron chi connectivity index (χ2n) is 3.06. The van der Waals surface area contributed by atoms with E-state index in [1.165, 1.54) is 13.0 Å². The third kappa shape index (κ3) is 2.80. The molecule has 0 spiro atoms. The molecule has 1 aromatic carbocycles. The predicted molar refractivity (Wildman–Crippen MR) is 57.9 cm³/mol. The van der Waals surface area contributed by atoms with Gasteiger partial charge >= 0.3 is 0 Å². The number of hydrogen-bond donors (Lipinski definition) is 1. The smallest absolute Gasteiger partial charge is 0.182 e. The Kier molecular flexibility index (Phi) is 3.69. The molecule has 0 bridgehead atoms. The lowest BCUT2D eigenvalue weighted by molar-refractivity contribution is 0.218. The molecular formula is C9H11BrO3S. The second kappa shape index (κ2) is 4.42. The van der Waals surface area contributed by atoms with E-state index in [1.54, 1.807) is 18.2 Å². The second-order valence-corrected chi connectivity index (χ2v) is 5.92. The molecule has 0 amide bonds. The molecule has 0 saturated carbocycles. The lowest BCUT2D eigenvalue weighted by atomic mass is 10.4. The van der Waals surface area contributed by atoms with Crippen LogP contribution >= 0.6 is 15.9 Å². The fourth-order valence-electron chi connectivity index (χ4n) is 1.10. The van der Waals surface area contributed by atoms with Crippen LogP contribution < -0.4 is 0 Å². The highest BCUT2D eigenvalue weighted by Gasteiger charge is 2.19. The SMILES string of the molecule is C[C@H](O)CS(=O)(=O)c1ccccc1Br. The molecule has 78 valence electrons. The fraction of sp³-hybridized carbons (Fsp3) is 0.333. The van der Waals surface area contributed by atoms with Gasteiger partial charge in [0.15, 0.2) is 9.84 Å². The Balaban J connectivity index is 3.11. The van der Waals surface area contributed by atoms with Crippen molar-refractivity contribution in [1.29, 1.82) is 0 Å². The topological polar surface area (TPSA) is 54.4 Å². The van der Waals surface area contributed by atoms with E-state index in [1.807, 2.05) is 0 Å². The Bertz CT molecular complexity index is 412. The summed E-state index contributed by atoms with van der Waals surface area (Å²) in [5.74, 6) is -0.254. The zero-order valence-corrected chi connectivity index (χ0v) is 10.0. The van der Waals surface area contributed by atoms with Gasteiger partial charge in [0, 0.05) is 4.47 Å². The van der Waals surface area contributed by atoms with Crippen LogP contribution in [0.2, 0.25) is 0 Å². The number of aliphatic hydroxyl groups excluding tert-OH is 1. The third-order valence-electron chi connectivity index (χ3n) is 1.63. The highest BCUT2D eigenvalue weighted by Crippen LogP contribution is 2.22. The molecule has 0 heterocycles. The minimum Gasteiger partial charge on any atom is -0.392 e. The van der Waals surface area contributed by atoms with Crippen LogP contribution in [0.5, 0.6) is 0 Å². The molecule has 0 saturated heterocycles. The average molecular weight is 279 g/mol. The van der Waals surface area contributed by atoms with Gasteiger partial charge in [-0.3, -0.25) is 0 Å². The highest BCUT2D eigenvalue weighted by molar-refractivity contribution is 9.10. The van der Waals surface area contributed by atoms with Gasteiger partial charge in [-0.1, -0.05) is 12.1 Å². The van der Waals surface area contributed by atoms with E-state index in [9.17, 15) is 8.42 Å². The van der Waals surface area contributed by atoms with Crippen LogP contribution in [0.25, 0.3) is 0 Å². The lowest BCUT2D eigenvalue weighted by Gasteiger charge is -2.07. The molecule has 0 aromatic heterocycles. The van der Waals surface area contributed by atoms with Crippen molar-refractivity contribution in [3.05, 3.63) is 28.7 Å². The summed E-state index contributed by atoms with van der Waals surface area (Å²) in [5.41, 5.74) is 0. The molecule has 0 unspecified atom stereocenters. The van der Waals surface area contributed by atoms with Crippen LogP contribution in [0.3, 0.4) is 0 Å². The molecular weight excluding hydrogens is 268 g/mol. The van der Waals surface area contributed by atoms with Crippen LogP contribution in [0.1, 0.15) is 6.92 Å². The van der Waals surface area contributed by atoms with Crippen LogP contribution in [-0.2, 0) is 9.84 Å². The van der Waals surface area contributed by atoms with Gasteiger partial charge in [-0.15, -0.1) is 0 Å². The Morgan fingerprint density at radius 3 is 2.50 bits per heavy atom. The van der Waals surface area contributed by atoms with Gasteiger partial charge in [0.25, 0.3) is 0 Å². The predicted octanol–water partition coefficient (Wildman–Crippen LogP) is 1.60. The minimum absolute atomic E-state index is 0.223. The largest absolute Gasteiger partial charge is 0.392 e. The van der Waals surface area contributed by atoms with Crippen molar-refractivity contribution in [1.82, 2.24) is 0 Å². The summed E-state index contributed by atoms with van der Waals surface area (Å²) in [7, 11) is -3.39. The molecule has 1 aromatic rings. The molecule has 3 nitrogen and oxygen atoms in total. The summed E-state index contributed by atoms with van der Waals surface area (Å²) >= 11 is 3.16. The standard InChI is InChI=1S/C9H11BrO3S/c1-7(11)6-14(12,13)9-5-3-2-4-8(9)10/h2-5,7,11H,6H2,1H3/t7-/m0/s1. The van der Waals surface area contributed by atoms with Crippen molar-refractivity contribution >= 4 is 25.8 Å². The quantitative estimate of drug-likeness (QED) is 0.914. The number of benzene rings is 1.